The van der Waals surface area contributed by atoms with E-state index in [9.17, 15) is 22.4 Å². The van der Waals surface area contributed by atoms with Gasteiger partial charge >= 0.3 is 0 Å². The molecule has 2 amide bonds. The highest BCUT2D eigenvalue weighted by atomic mass is 32.2. The number of anilines is 1. The Kier molecular flexibility index (Phi) is 5.96. The third kappa shape index (κ3) is 4.52. The first-order chi connectivity index (χ1) is 14.0. The van der Waals surface area contributed by atoms with E-state index in [1.807, 2.05) is 31.2 Å². The second-order valence-electron chi connectivity index (χ2n) is 7.68. The molecule has 160 valence electrons. The van der Waals surface area contributed by atoms with Gasteiger partial charge in [0, 0.05) is 18.8 Å². The van der Waals surface area contributed by atoms with E-state index >= 15 is 0 Å². The van der Waals surface area contributed by atoms with Crippen LogP contribution in [0.15, 0.2) is 48.5 Å². The molecule has 9 heteroatoms. The van der Waals surface area contributed by atoms with Crippen LogP contribution < -0.4 is 10.2 Å². The van der Waals surface area contributed by atoms with Crippen LogP contribution in [0.25, 0.3) is 0 Å². The summed E-state index contributed by atoms with van der Waals surface area (Å²) in [6, 6.07) is 12.8. The Morgan fingerprint density at radius 1 is 1.13 bits per heavy atom. The first-order valence-corrected chi connectivity index (χ1v) is 11.2. The van der Waals surface area contributed by atoms with Crippen molar-refractivity contribution in [3.63, 3.8) is 0 Å². The molecule has 7 nitrogen and oxygen atoms in total. The molecule has 1 aliphatic heterocycles. The minimum Gasteiger partial charge on any atom is -0.350 e. The van der Waals surface area contributed by atoms with Gasteiger partial charge in [0.15, 0.2) is 0 Å². The largest absolute Gasteiger partial charge is 0.350 e. The average Bonchev–Trinajstić information content (AvgIpc) is 2.67. The van der Waals surface area contributed by atoms with Crippen LogP contribution in [0.5, 0.6) is 0 Å². The number of amides is 2. The molecular formula is C21H24FN3O4S. The zero-order chi connectivity index (χ0) is 22.1. The number of piperazine rings is 1. The lowest BCUT2D eigenvalue weighted by molar-refractivity contribution is -0.133. The van der Waals surface area contributed by atoms with Crippen molar-refractivity contribution in [1.29, 1.82) is 0 Å². The van der Waals surface area contributed by atoms with Crippen molar-refractivity contribution < 1.29 is 22.4 Å². The van der Waals surface area contributed by atoms with Gasteiger partial charge in [-0.2, -0.15) is 4.31 Å². The number of hydrogen-bond acceptors (Lipinski definition) is 4. The molecular weight excluding hydrogens is 409 g/mol. The monoisotopic (exact) mass is 433 g/mol. The Balaban J connectivity index is 1.93. The van der Waals surface area contributed by atoms with E-state index in [4.69, 9.17) is 0 Å². The van der Waals surface area contributed by atoms with Gasteiger partial charge in [-0.15, -0.1) is 0 Å². The molecule has 2 aromatic rings. The van der Waals surface area contributed by atoms with E-state index in [0.717, 1.165) is 21.7 Å². The number of aryl methyl sites for hydroxylation is 1. The number of carbonyl (C=O) groups is 2. The van der Waals surface area contributed by atoms with Crippen molar-refractivity contribution >= 4 is 27.5 Å². The maximum Gasteiger partial charge on any atom is 0.247 e. The molecule has 0 radical (unpaired) electrons. The number of carbonyl (C=O) groups excluding carboxylic acids is 2. The van der Waals surface area contributed by atoms with Crippen molar-refractivity contribution in [1.82, 2.24) is 9.62 Å². The quantitative estimate of drug-likeness (QED) is 0.779. The highest BCUT2D eigenvalue weighted by Crippen LogP contribution is 2.30. The summed E-state index contributed by atoms with van der Waals surface area (Å²) in [5.74, 6) is -1.55. The maximum atomic E-state index is 13.4. The Morgan fingerprint density at radius 3 is 2.30 bits per heavy atom. The van der Waals surface area contributed by atoms with Crippen molar-refractivity contribution in [2.45, 2.75) is 25.9 Å². The number of benzene rings is 2. The van der Waals surface area contributed by atoms with Gasteiger partial charge in [0.1, 0.15) is 11.4 Å². The average molecular weight is 434 g/mol. The molecule has 0 aromatic heterocycles. The van der Waals surface area contributed by atoms with E-state index in [-0.39, 0.29) is 13.1 Å². The lowest BCUT2D eigenvalue weighted by Crippen LogP contribution is -2.70. The highest BCUT2D eigenvalue weighted by molar-refractivity contribution is 7.88. The minimum absolute atomic E-state index is 0.214. The first kappa shape index (κ1) is 21.9. The summed E-state index contributed by atoms with van der Waals surface area (Å²) in [6.45, 7) is 3.08. The normalized spacial score (nSPS) is 20.3. The SMILES string of the molecule is Cc1ccc(CNC(=O)[C@]2(C)CN(S(C)(=O)=O)CC(=O)N2c2ccc(F)cc2)cc1. The highest BCUT2D eigenvalue weighted by Gasteiger charge is 2.50. The third-order valence-electron chi connectivity index (χ3n) is 5.16. The molecule has 30 heavy (non-hydrogen) atoms. The molecule has 1 N–H and O–H groups in total. The summed E-state index contributed by atoms with van der Waals surface area (Å²) in [7, 11) is -3.70. The van der Waals surface area contributed by atoms with Crippen LogP contribution in [0.2, 0.25) is 0 Å². The molecule has 0 aliphatic carbocycles. The molecule has 1 saturated heterocycles. The molecule has 3 rings (SSSR count). The molecule has 1 aliphatic rings. The van der Waals surface area contributed by atoms with Gasteiger partial charge in [-0.25, -0.2) is 12.8 Å². The van der Waals surface area contributed by atoms with Crippen LogP contribution in [-0.4, -0.2) is 49.4 Å². The van der Waals surface area contributed by atoms with Crippen LogP contribution in [0.3, 0.4) is 0 Å². The Hall–Kier alpha value is -2.78. The topological polar surface area (TPSA) is 86.8 Å². The fourth-order valence-corrected chi connectivity index (χ4v) is 4.30. The predicted molar refractivity (Wildman–Crippen MR) is 112 cm³/mol. The standard InChI is InChI=1S/C21H24FN3O4S/c1-15-4-6-16(7-5-15)12-23-20(27)21(2)14-24(30(3,28)29)13-19(26)25(21)18-10-8-17(22)9-11-18/h4-11H,12-14H2,1-3H3,(H,23,27)/t21-/m0/s1. The van der Waals surface area contributed by atoms with E-state index in [2.05, 4.69) is 5.32 Å². The second kappa shape index (κ2) is 8.16. The van der Waals surface area contributed by atoms with E-state index in [1.165, 1.54) is 36.1 Å². The number of halogens is 1. The molecule has 1 heterocycles. The summed E-state index contributed by atoms with van der Waals surface area (Å²) in [6.07, 6.45) is 0.998. The fraction of sp³-hybridized carbons (Fsp3) is 0.333. The van der Waals surface area contributed by atoms with E-state index in [1.54, 1.807) is 0 Å². The molecule has 1 atom stereocenters. The Bertz CT molecular complexity index is 1050. The van der Waals surface area contributed by atoms with Crippen molar-refractivity contribution in [3.8, 4) is 0 Å². The van der Waals surface area contributed by atoms with Gasteiger partial charge in [-0.05, 0) is 43.7 Å². The molecule has 0 bridgehead atoms. The second-order valence-corrected chi connectivity index (χ2v) is 9.66. The summed E-state index contributed by atoms with van der Waals surface area (Å²) in [4.78, 5) is 27.4. The number of sulfonamides is 1. The smallest absolute Gasteiger partial charge is 0.247 e. The zero-order valence-corrected chi connectivity index (χ0v) is 17.9. The predicted octanol–water partition coefficient (Wildman–Crippen LogP) is 1.82. The van der Waals surface area contributed by atoms with Gasteiger partial charge in [-0.3, -0.25) is 14.5 Å². The number of nitrogens with zero attached hydrogens (tertiary/aromatic N) is 2. The van der Waals surface area contributed by atoms with Crippen LogP contribution >= 0.6 is 0 Å². The molecule has 2 aromatic carbocycles. The van der Waals surface area contributed by atoms with Crippen molar-refractivity contribution in [2.75, 3.05) is 24.2 Å². The van der Waals surface area contributed by atoms with Gasteiger partial charge in [0.2, 0.25) is 21.8 Å². The van der Waals surface area contributed by atoms with E-state index < -0.39 is 39.7 Å². The van der Waals surface area contributed by atoms with Crippen molar-refractivity contribution in [3.05, 3.63) is 65.5 Å². The molecule has 0 unspecified atom stereocenters. The van der Waals surface area contributed by atoms with Crippen LogP contribution in [0.4, 0.5) is 10.1 Å². The summed E-state index contributed by atoms with van der Waals surface area (Å²) in [5, 5.41) is 2.80. The Labute approximate surface area is 175 Å². The van der Waals surface area contributed by atoms with Gasteiger partial charge in [-0.1, -0.05) is 29.8 Å². The van der Waals surface area contributed by atoms with Crippen LogP contribution in [-0.2, 0) is 26.2 Å². The number of rotatable bonds is 5. The van der Waals surface area contributed by atoms with Gasteiger partial charge in [0.25, 0.3) is 0 Å². The Morgan fingerprint density at radius 2 is 1.73 bits per heavy atom. The first-order valence-electron chi connectivity index (χ1n) is 9.38. The van der Waals surface area contributed by atoms with Crippen molar-refractivity contribution in [2.24, 2.45) is 0 Å². The van der Waals surface area contributed by atoms with E-state index in [0.29, 0.717) is 5.69 Å². The lowest BCUT2D eigenvalue weighted by Gasteiger charge is -2.46. The summed E-state index contributed by atoms with van der Waals surface area (Å²) < 4.78 is 38.6. The fourth-order valence-electron chi connectivity index (χ4n) is 3.47. The van der Waals surface area contributed by atoms with Gasteiger partial charge in [0.05, 0.1) is 12.8 Å². The van der Waals surface area contributed by atoms with Crippen LogP contribution in [0, 0.1) is 12.7 Å². The van der Waals surface area contributed by atoms with Gasteiger partial charge < -0.3 is 5.32 Å². The van der Waals surface area contributed by atoms with Crippen LogP contribution in [0.1, 0.15) is 18.1 Å². The lowest BCUT2D eigenvalue weighted by atomic mass is 9.94. The maximum absolute atomic E-state index is 13.4. The summed E-state index contributed by atoms with van der Waals surface area (Å²) >= 11 is 0. The molecule has 1 fully saturated rings. The molecule has 0 spiro atoms. The number of hydrogen-bond donors (Lipinski definition) is 1. The molecule has 0 saturated carbocycles. The zero-order valence-electron chi connectivity index (χ0n) is 17.1. The third-order valence-corrected chi connectivity index (χ3v) is 6.35. The number of nitrogens with one attached hydrogen (secondary N) is 1. The minimum atomic E-state index is -3.70. The summed E-state index contributed by atoms with van der Waals surface area (Å²) in [5.41, 5.74) is 0.762.